The maximum Gasteiger partial charge on any atom is 0.123 e. The molecule has 0 aliphatic carbocycles. The van der Waals surface area contributed by atoms with Gasteiger partial charge >= 0.3 is 0 Å². The average molecular weight is 382 g/mol. The summed E-state index contributed by atoms with van der Waals surface area (Å²) in [6, 6.07) is 16.7. The van der Waals surface area contributed by atoms with E-state index in [2.05, 4.69) is 43.0 Å². The SMILES string of the molecule is CCCCN1C2CCC1CC(OC(c1ccc(C)cc1)c1ccc(F)cc1)C2. The first-order valence-electron chi connectivity index (χ1n) is 10.9. The summed E-state index contributed by atoms with van der Waals surface area (Å²) in [6.07, 6.45) is 7.53. The Balaban J connectivity index is 1.52. The van der Waals surface area contributed by atoms with E-state index in [0.717, 1.165) is 24.0 Å². The van der Waals surface area contributed by atoms with Crippen molar-refractivity contribution in [1.29, 1.82) is 0 Å². The van der Waals surface area contributed by atoms with E-state index in [4.69, 9.17) is 4.74 Å². The molecule has 2 aliphatic heterocycles. The van der Waals surface area contributed by atoms with Crippen LogP contribution in [0.5, 0.6) is 0 Å². The second kappa shape index (κ2) is 8.75. The number of unbranched alkanes of at least 4 members (excludes halogenated alkanes) is 1. The van der Waals surface area contributed by atoms with Crippen LogP contribution in [0, 0.1) is 12.7 Å². The monoisotopic (exact) mass is 381 g/mol. The lowest BCUT2D eigenvalue weighted by molar-refractivity contribution is -0.0483. The molecule has 2 nitrogen and oxygen atoms in total. The summed E-state index contributed by atoms with van der Waals surface area (Å²) >= 11 is 0. The largest absolute Gasteiger partial charge is 0.365 e. The molecule has 4 rings (SSSR count). The summed E-state index contributed by atoms with van der Waals surface area (Å²) in [4.78, 5) is 2.74. The van der Waals surface area contributed by atoms with E-state index < -0.39 is 0 Å². The maximum atomic E-state index is 13.5. The Morgan fingerprint density at radius 1 is 0.964 bits per heavy atom. The molecular weight excluding hydrogens is 349 g/mol. The molecule has 2 aromatic rings. The van der Waals surface area contributed by atoms with Crippen molar-refractivity contribution in [2.45, 2.75) is 76.7 Å². The van der Waals surface area contributed by atoms with Gasteiger partial charge in [0.2, 0.25) is 0 Å². The van der Waals surface area contributed by atoms with Gasteiger partial charge in [0.1, 0.15) is 11.9 Å². The summed E-state index contributed by atoms with van der Waals surface area (Å²) in [5, 5.41) is 0. The summed E-state index contributed by atoms with van der Waals surface area (Å²) in [7, 11) is 0. The van der Waals surface area contributed by atoms with Gasteiger partial charge in [-0.3, -0.25) is 4.90 Å². The Hall–Kier alpha value is -1.71. The van der Waals surface area contributed by atoms with Crippen molar-refractivity contribution >= 4 is 0 Å². The van der Waals surface area contributed by atoms with Crippen LogP contribution in [0.4, 0.5) is 4.39 Å². The van der Waals surface area contributed by atoms with E-state index in [1.54, 1.807) is 0 Å². The van der Waals surface area contributed by atoms with Crippen LogP contribution in [0.2, 0.25) is 0 Å². The van der Waals surface area contributed by atoms with Crippen LogP contribution in [0.3, 0.4) is 0 Å². The minimum Gasteiger partial charge on any atom is -0.365 e. The second-order valence-corrected chi connectivity index (χ2v) is 8.55. The Kier molecular flexibility index (Phi) is 6.13. The molecule has 0 spiro atoms. The van der Waals surface area contributed by atoms with Gasteiger partial charge in [-0.2, -0.15) is 0 Å². The van der Waals surface area contributed by atoms with Crippen molar-refractivity contribution in [2.24, 2.45) is 0 Å². The lowest BCUT2D eigenvalue weighted by atomic mass is 9.96. The number of nitrogens with zero attached hydrogens (tertiary/aromatic N) is 1. The summed E-state index contributed by atoms with van der Waals surface area (Å²) in [5.74, 6) is -0.200. The Morgan fingerprint density at radius 3 is 2.11 bits per heavy atom. The number of rotatable bonds is 7. The highest BCUT2D eigenvalue weighted by Gasteiger charge is 2.41. The normalized spacial score (nSPS) is 25.8. The highest BCUT2D eigenvalue weighted by molar-refractivity contribution is 5.32. The van der Waals surface area contributed by atoms with E-state index in [0.29, 0.717) is 12.1 Å². The fourth-order valence-electron chi connectivity index (χ4n) is 4.96. The van der Waals surface area contributed by atoms with Gasteiger partial charge in [-0.15, -0.1) is 0 Å². The molecule has 3 heteroatoms. The summed E-state index contributed by atoms with van der Waals surface area (Å²) in [6.45, 7) is 5.60. The molecule has 0 N–H and O–H groups in total. The zero-order valence-corrected chi connectivity index (χ0v) is 17.1. The third kappa shape index (κ3) is 4.31. The van der Waals surface area contributed by atoms with E-state index in [1.165, 1.54) is 49.9 Å². The average Bonchev–Trinajstić information content (AvgIpc) is 2.94. The van der Waals surface area contributed by atoms with Crippen LogP contribution in [0.25, 0.3) is 0 Å². The molecule has 3 unspecified atom stereocenters. The van der Waals surface area contributed by atoms with Gasteiger partial charge in [-0.05, 0) is 68.8 Å². The predicted octanol–water partition coefficient (Wildman–Crippen LogP) is 6.04. The smallest absolute Gasteiger partial charge is 0.123 e. The van der Waals surface area contributed by atoms with Crippen LogP contribution in [-0.2, 0) is 4.74 Å². The van der Waals surface area contributed by atoms with Crippen LogP contribution in [-0.4, -0.2) is 29.6 Å². The minimum atomic E-state index is -0.200. The van der Waals surface area contributed by atoms with Crippen LogP contribution < -0.4 is 0 Å². The highest BCUT2D eigenvalue weighted by Crippen LogP contribution is 2.39. The van der Waals surface area contributed by atoms with Gasteiger partial charge < -0.3 is 4.74 Å². The van der Waals surface area contributed by atoms with Crippen LogP contribution >= 0.6 is 0 Å². The van der Waals surface area contributed by atoms with E-state index in [1.807, 2.05) is 12.1 Å². The first-order chi connectivity index (χ1) is 13.6. The number of fused-ring (bicyclic) bond motifs is 2. The molecule has 2 fully saturated rings. The predicted molar refractivity (Wildman–Crippen MR) is 112 cm³/mol. The number of hydrogen-bond acceptors (Lipinski definition) is 2. The molecule has 2 bridgehead atoms. The van der Waals surface area contributed by atoms with Crippen LogP contribution in [0.15, 0.2) is 48.5 Å². The number of benzene rings is 2. The summed E-state index contributed by atoms with van der Waals surface area (Å²) in [5.41, 5.74) is 3.42. The topological polar surface area (TPSA) is 12.5 Å². The lowest BCUT2D eigenvalue weighted by Gasteiger charge is -2.40. The quantitative estimate of drug-likeness (QED) is 0.580. The zero-order chi connectivity index (χ0) is 19.5. The van der Waals surface area contributed by atoms with Crippen molar-refractivity contribution < 1.29 is 9.13 Å². The molecule has 0 aromatic heterocycles. The molecular formula is C25H32FNO. The van der Waals surface area contributed by atoms with Gasteiger partial charge in [0, 0.05) is 12.1 Å². The summed E-state index contributed by atoms with van der Waals surface area (Å²) < 4.78 is 20.2. The molecule has 0 saturated carbocycles. The first kappa shape index (κ1) is 19.6. The highest BCUT2D eigenvalue weighted by atomic mass is 19.1. The van der Waals surface area contributed by atoms with Crippen molar-refractivity contribution in [3.8, 4) is 0 Å². The fraction of sp³-hybridized carbons (Fsp3) is 0.520. The molecule has 2 aliphatic rings. The molecule has 3 atom stereocenters. The maximum absolute atomic E-state index is 13.5. The van der Waals surface area contributed by atoms with Crippen molar-refractivity contribution in [1.82, 2.24) is 4.90 Å². The molecule has 0 amide bonds. The zero-order valence-electron chi connectivity index (χ0n) is 17.1. The number of hydrogen-bond donors (Lipinski definition) is 0. The third-order valence-electron chi connectivity index (χ3n) is 6.49. The van der Waals surface area contributed by atoms with Crippen molar-refractivity contribution in [3.63, 3.8) is 0 Å². The molecule has 2 saturated heterocycles. The molecule has 2 heterocycles. The third-order valence-corrected chi connectivity index (χ3v) is 6.49. The van der Waals surface area contributed by atoms with Gasteiger partial charge in [0.25, 0.3) is 0 Å². The number of ether oxygens (including phenoxy) is 1. The Morgan fingerprint density at radius 2 is 1.54 bits per heavy atom. The van der Waals surface area contributed by atoms with Crippen LogP contribution in [0.1, 0.15) is 68.2 Å². The first-order valence-corrected chi connectivity index (χ1v) is 10.9. The van der Waals surface area contributed by atoms with Crippen molar-refractivity contribution in [3.05, 3.63) is 71.0 Å². The van der Waals surface area contributed by atoms with Gasteiger partial charge in [-0.1, -0.05) is 55.3 Å². The second-order valence-electron chi connectivity index (χ2n) is 8.55. The molecule has 2 aromatic carbocycles. The molecule has 28 heavy (non-hydrogen) atoms. The van der Waals surface area contributed by atoms with E-state index >= 15 is 0 Å². The van der Waals surface area contributed by atoms with E-state index in [9.17, 15) is 4.39 Å². The Labute approximate surface area is 168 Å². The lowest BCUT2D eigenvalue weighted by Crippen LogP contribution is -2.46. The Bertz CT molecular complexity index is 698. The molecule has 0 radical (unpaired) electrons. The van der Waals surface area contributed by atoms with Crippen molar-refractivity contribution in [2.75, 3.05) is 6.54 Å². The standard InChI is InChI=1S/C25H32FNO/c1-3-4-15-27-22-13-14-23(27)17-24(16-22)28-25(19-7-5-18(2)6-8-19)20-9-11-21(26)12-10-20/h5-12,22-25H,3-4,13-17H2,1-2H3. The number of halogens is 1. The number of aryl methyl sites for hydroxylation is 1. The molecule has 150 valence electrons. The van der Waals surface area contributed by atoms with E-state index in [-0.39, 0.29) is 18.0 Å². The van der Waals surface area contributed by atoms with Gasteiger partial charge in [0.05, 0.1) is 6.10 Å². The van der Waals surface area contributed by atoms with Gasteiger partial charge in [0.15, 0.2) is 0 Å². The fourth-order valence-corrected chi connectivity index (χ4v) is 4.96. The minimum absolute atomic E-state index is 0.132. The number of piperidine rings is 1. The van der Waals surface area contributed by atoms with Gasteiger partial charge in [-0.25, -0.2) is 4.39 Å².